The molecule has 56 valence electrons. The number of nitrogens with two attached hydrogens (primary N) is 1. The fraction of sp³-hybridized carbons (Fsp3) is 0.111. The minimum atomic E-state index is 0.0537. The van der Waals surface area contributed by atoms with Gasteiger partial charge in [-0.3, -0.25) is 0 Å². The molecule has 0 fully saturated rings. The minimum absolute atomic E-state index is 0.0537. The fourth-order valence-electron chi connectivity index (χ4n) is 0.898. The van der Waals surface area contributed by atoms with Crippen molar-refractivity contribution < 1.29 is 5.11 Å². The number of aryl methyl sites for hydroxylation is 1. The zero-order valence-electron chi connectivity index (χ0n) is 6.26. The number of nitrogen functional groups attached to an aromatic ring is 1. The van der Waals surface area contributed by atoms with Gasteiger partial charge in [0.25, 0.3) is 0 Å². The molecule has 1 aromatic carbocycles. The van der Waals surface area contributed by atoms with Crippen LogP contribution in [0.3, 0.4) is 0 Å². The van der Waals surface area contributed by atoms with Crippen LogP contribution in [0.5, 0.6) is 5.75 Å². The maximum absolute atomic E-state index is 9.19. The first kappa shape index (κ1) is 7.49. The molecule has 0 aliphatic heterocycles. The van der Waals surface area contributed by atoms with E-state index in [9.17, 15) is 5.11 Å². The van der Waals surface area contributed by atoms with Gasteiger partial charge in [-0.15, -0.1) is 6.42 Å². The zero-order chi connectivity index (χ0) is 8.43. The van der Waals surface area contributed by atoms with Gasteiger partial charge in [-0.25, -0.2) is 0 Å². The number of phenols is 1. The van der Waals surface area contributed by atoms with Crippen molar-refractivity contribution in [2.24, 2.45) is 0 Å². The molecule has 0 unspecified atom stereocenters. The molecule has 1 rings (SSSR count). The highest BCUT2D eigenvalue weighted by Crippen LogP contribution is 2.24. The van der Waals surface area contributed by atoms with E-state index < -0.39 is 0 Å². The van der Waals surface area contributed by atoms with Crippen molar-refractivity contribution in [2.75, 3.05) is 5.73 Å². The molecule has 2 heteroatoms. The Labute approximate surface area is 65.7 Å². The largest absolute Gasteiger partial charge is 0.506 e. The molecule has 11 heavy (non-hydrogen) atoms. The second-order valence-electron chi connectivity index (χ2n) is 2.39. The van der Waals surface area contributed by atoms with E-state index in [2.05, 4.69) is 5.92 Å². The molecule has 0 bridgehead atoms. The average Bonchev–Trinajstić information content (AvgIpc) is 1.96. The van der Waals surface area contributed by atoms with Gasteiger partial charge in [0.2, 0.25) is 0 Å². The Balaban J connectivity index is 3.39. The first-order valence-electron chi connectivity index (χ1n) is 3.21. The molecule has 0 spiro atoms. The molecule has 0 heterocycles. The van der Waals surface area contributed by atoms with Crippen LogP contribution < -0.4 is 5.73 Å². The van der Waals surface area contributed by atoms with Gasteiger partial charge in [0.15, 0.2) is 0 Å². The molecule has 3 N–H and O–H groups in total. The highest BCUT2D eigenvalue weighted by atomic mass is 16.3. The molecule has 0 atom stereocenters. The summed E-state index contributed by atoms with van der Waals surface area (Å²) in [7, 11) is 0. The van der Waals surface area contributed by atoms with Gasteiger partial charge in [-0.1, -0.05) is 5.92 Å². The van der Waals surface area contributed by atoms with Crippen LogP contribution in [-0.4, -0.2) is 5.11 Å². The van der Waals surface area contributed by atoms with Gasteiger partial charge in [0, 0.05) is 0 Å². The van der Waals surface area contributed by atoms with E-state index in [4.69, 9.17) is 12.2 Å². The number of hydrogen-bond donors (Lipinski definition) is 2. The van der Waals surface area contributed by atoms with E-state index in [0.717, 1.165) is 5.56 Å². The summed E-state index contributed by atoms with van der Waals surface area (Å²) in [4.78, 5) is 0. The van der Waals surface area contributed by atoms with Crippen LogP contribution >= 0.6 is 0 Å². The summed E-state index contributed by atoms with van der Waals surface area (Å²) in [5.41, 5.74) is 7.20. The van der Waals surface area contributed by atoms with Gasteiger partial charge >= 0.3 is 0 Å². The zero-order valence-corrected chi connectivity index (χ0v) is 6.26. The van der Waals surface area contributed by atoms with Gasteiger partial charge < -0.3 is 10.8 Å². The van der Waals surface area contributed by atoms with Crippen LogP contribution in [0.2, 0.25) is 0 Å². The quantitative estimate of drug-likeness (QED) is 0.329. The molecular weight excluding hydrogens is 138 g/mol. The molecule has 0 aliphatic carbocycles. The predicted octanol–water partition coefficient (Wildman–Crippen LogP) is 1.26. The van der Waals surface area contributed by atoms with Crippen molar-refractivity contribution in [1.82, 2.24) is 0 Å². The molecule has 0 saturated heterocycles. The van der Waals surface area contributed by atoms with Crippen LogP contribution in [0.25, 0.3) is 0 Å². The maximum Gasteiger partial charge on any atom is 0.140 e. The summed E-state index contributed by atoms with van der Waals surface area (Å²) in [6.45, 7) is 1.85. The number of benzene rings is 1. The van der Waals surface area contributed by atoms with Crippen molar-refractivity contribution in [2.45, 2.75) is 6.92 Å². The van der Waals surface area contributed by atoms with Crippen LogP contribution in [0.1, 0.15) is 11.1 Å². The van der Waals surface area contributed by atoms with Gasteiger partial charge in [0.05, 0.1) is 11.3 Å². The first-order chi connectivity index (χ1) is 5.15. The molecule has 0 aromatic heterocycles. The fourth-order valence-corrected chi connectivity index (χ4v) is 0.898. The number of terminal acetylenes is 1. The molecule has 0 aliphatic rings. The molecule has 2 nitrogen and oxygen atoms in total. The second kappa shape index (κ2) is 2.55. The van der Waals surface area contributed by atoms with Gasteiger partial charge in [0.1, 0.15) is 5.75 Å². The summed E-state index contributed by atoms with van der Waals surface area (Å²) < 4.78 is 0. The van der Waals surface area contributed by atoms with E-state index in [1.165, 1.54) is 0 Å². The normalized spacial score (nSPS) is 9.09. The highest BCUT2D eigenvalue weighted by molar-refractivity contribution is 5.64. The molecule has 0 amide bonds. The summed E-state index contributed by atoms with van der Waals surface area (Å²) >= 11 is 0. The lowest BCUT2D eigenvalue weighted by atomic mass is 10.1. The van der Waals surface area contributed by atoms with E-state index in [1.807, 2.05) is 6.92 Å². The van der Waals surface area contributed by atoms with E-state index in [0.29, 0.717) is 5.56 Å². The van der Waals surface area contributed by atoms with Crippen LogP contribution in [0.4, 0.5) is 5.69 Å². The molecule has 1 aromatic rings. The summed E-state index contributed by atoms with van der Waals surface area (Å²) in [6.07, 6.45) is 5.15. The maximum atomic E-state index is 9.19. The van der Waals surface area contributed by atoms with Crippen molar-refractivity contribution in [1.29, 1.82) is 0 Å². The Morgan fingerprint density at radius 3 is 2.73 bits per heavy atom. The van der Waals surface area contributed by atoms with Crippen molar-refractivity contribution in [3.05, 3.63) is 23.3 Å². The SMILES string of the molecule is C#Cc1cc(C)cc(O)c1N. The Kier molecular flexibility index (Phi) is 1.74. The minimum Gasteiger partial charge on any atom is -0.506 e. The van der Waals surface area contributed by atoms with Crippen molar-refractivity contribution >= 4 is 5.69 Å². The van der Waals surface area contributed by atoms with Crippen molar-refractivity contribution in [3.63, 3.8) is 0 Å². The van der Waals surface area contributed by atoms with Gasteiger partial charge in [-0.05, 0) is 24.6 Å². The van der Waals surface area contributed by atoms with Crippen molar-refractivity contribution in [3.8, 4) is 18.1 Å². The van der Waals surface area contributed by atoms with E-state index >= 15 is 0 Å². The van der Waals surface area contributed by atoms with Crippen LogP contribution in [0, 0.1) is 19.3 Å². The van der Waals surface area contributed by atoms with Gasteiger partial charge in [-0.2, -0.15) is 0 Å². The number of hydrogen-bond acceptors (Lipinski definition) is 2. The predicted molar refractivity (Wildman–Crippen MR) is 45.2 cm³/mol. The molecular formula is C9H9NO. The Morgan fingerprint density at radius 2 is 2.18 bits per heavy atom. The Bertz CT molecular complexity index is 323. The topological polar surface area (TPSA) is 46.2 Å². The van der Waals surface area contributed by atoms with Crippen LogP contribution in [-0.2, 0) is 0 Å². The Hall–Kier alpha value is -1.62. The average molecular weight is 147 g/mol. The third kappa shape index (κ3) is 1.27. The lowest BCUT2D eigenvalue weighted by Gasteiger charge is -2.02. The monoisotopic (exact) mass is 147 g/mol. The summed E-state index contributed by atoms with van der Waals surface area (Å²) in [5.74, 6) is 2.45. The lowest BCUT2D eigenvalue weighted by molar-refractivity contribution is 0.477. The molecule has 0 saturated carbocycles. The first-order valence-corrected chi connectivity index (χ1v) is 3.21. The number of anilines is 1. The van der Waals surface area contributed by atoms with Crippen LogP contribution in [0.15, 0.2) is 12.1 Å². The van der Waals surface area contributed by atoms with E-state index in [-0.39, 0.29) is 11.4 Å². The lowest BCUT2D eigenvalue weighted by Crippen LogP contribution is -1.91. The standard InChI is InChI=1S/C9H9NO/c1-3-7-4-6(2)5-8(11)9(7)10/h1,4-5,11H,10H2,2H3. The number of rotatable bonds is 0. The second-order valence-corrected chi connectivity index (χ2v) is 2.39. The number of phenolic OH excluding ortho intramolecular Hbond substituents is 1. The highest BCUT2D eigenvalue weighted by Gasteiger charge is 2.01. The third-order valence-electron chi connectivity index (χ3n) is 1.46. The summed E-state index contributed by atoms with van der Waals surface area (Å²) in [6, 6.07) is 3.34. The molecule has 0 radical (unpaired) electrons. The third-order valence-corrected chi connectivity index (χ3v) is 1.46. The number of aromatic hydroxyl groups is 1. The summed E-state index contributed by atoms with van der Waals surface area (Å²) in [5, 5.41) is 9.19. The smallest absolute Gasteiger partial charge is 0.140 e. The van der Waals surface area contributed by atoms with E-state index in [1.54, 1.807) is 12.1 Å². The Morgan fingerprint density at radius 1 is 1.55 bits per heavy atom.